The zero-order valence-electron chi connectivity index (χ0n) is 17.9. The highest BCUT2D eigenvalue weighted by molar-refractivity contribution is 5.82. The van der Waals surface area contributed by atoms with Gasteiger partial charge in [-0.3, -0.25) is 9.59 Å². The maximum absolute atomic E-state index is 12.7. The van der Waals surface area contributed by atoms with E-state index in [1.807, 2.05) is 54.6 Å². The lowest BCUT2D eigenvalue weighted by molar-refractivity contribution is -0.144. The van der Waals surface area contributed by atoms with E-state index in [2.05, 4.69) is 13.8 Å². The number of rotatable bonds is 7. The van der Waals surface area contributed by atoms with E-state index >= 15 is 0 Å². The van der Waals surface area contributed by atoms with E-state index < -0.39 is 6.10 Å². The van der Waals surface area contributed by atoms with Gasteiger partial charge in [0.15, 0.2) is 12.7 Å². The molecule has 1 atom stereocenters. The molecule has 1 aliphatic rings. The van der Waals surface area contributed by atoms with Crippen LogP contribution in [0.4, 0.5) is 0 Å². The van der Waals surface area contributed by atoms with Gasteiger partial charge in [-0.2, -0.15) is 0 Å². The molecule has 1 aliphatic heterocycles. The number of hydrogen-bond donors (Lipinski definition) is 0. The van der Waals surface area contributed by atoms with Crippen LogP contribution in [0.1, 0.15) is 32.3 Å². The largest absolute Gasteiger partial charge is 0.484 e. The van der Waals surface area contributed by atoms with E-state index in [9.17, 15) is 9.59 Å². The number of hydrogen-bond acceptors (Lipinski definition) is 4. The standard InChI is InChI=1S/C24H30N2O4/c1-18(2)20-9-11-22(12-10-20)30-19(3)24(28)26-15-13-25(14-16-26)23(27)17-29-21-7-5-4-6-8-21/h4-12,18-19H,13-17H2,1-3H3. The molecule has 2 aromatic carbocycles. The molecule has 2 aromatic rings. The Balaban J connectivity index is 1.44. The number of ether oxygens (including phenoxy) is 2. The van der Waals surface area contributed by atoms with Crippen molar-refractivity contribution in [1.82, 2.24) is 9.80 Å². The van der Waals surface area contributed by atoms with E-state index in [-0.39, 0.29) is 18.4 Å². The van der Waals surface area contributed by atoms with Crippen molar-refractivity contribution >= 4 is 11.8 Å². The van der Waals surface area contributed by atoms with Crippen molar-refractivity contribution < 1.29 is 19.1 Å². The summed E-state index contributed by atoms with van der Waals surface area (Å²) in [6, 6.07) is 17.1. The maximum atomic E-state index is 12.7. The quantitative estimate of drug-likeness (QED) is 0.703. The predicted molar refractivity (Wildman–Crippen MR) is 116 cm³/mol. The van der Waals surface area contributed by atoms with E-state index in [4.69, 9.17) is 9.47 Å². The van der Waals surface area contributed by atoms with E-state index in [0.717, 1.165) is 0 Å². The summed E-state index contributed by atoms with van der Waals surface area (Å²) in [7, 11) is 0. The molecule has 1 saturated heterocycles. The lowest BCUT2D eigenvalue weighted by Crippen LogP contribution is -2.54. The van der Waals surface area contributed by atoms with Gasteiger partial charge in [-0.05, 0) is 42.7 Å². The van der Waals surface area contributed by atoms with Crippen LogP contribution >= 0.6 is 0 Å². The highest BCUT2D eigenvalue weighted by Crippen LogP contribution is 2.20. The second-order valence-electron chi connectivity index (χ2n) is 7.79. The molecular formula is C24H30N2O4. The van der Waals surface area contributed by atoms with E-state index in [0.29, 0.717) is 43.6 Å². The van der Waals surface area contributed by atoms with Crippen LogP contribution in [-0.4, -0.2) is 60.5 Å². The number of carbonyl (C=O) groups is 2. The summed E-state index contributed by atoms with van der Waals surface area (Å²) in [4.78, 5) is 28.6. The van der Waals surface area contributed by atoms with Crippen molar-refractivity contribution in [1.29, 1.82) is 0 Å². The molecule has 2 amide bonds. The number of carbonyl (C=O) groups excluding carboxylic acids is 2. The fraction of sp³-hybridized carbons (Fsp3) is 0.417. The van der Waals surface area contributed by atoms with Gasteiger partial charge in [0, 0.05) is 26.2 Å². The first-order valence-electron chi connectivity index (χ1n) is 10.4. The van der Waals surface area contributed by atoms with Crippen LogP contribution in [0.3, 0.4) is 0 Å². The van der Waals surface area contributed by atoms with Crippen LogP contribution in [0.25, 0.3) is 0 Å². The number of benzene rings is 2. The molecule has 1 heterocycles. The molecule has 6 nitrogen and oxygen atoms in total. The monoisotopic (exact) mass is 410 g/mol. The van der Waals surface area contributed by atoms with Crippen molar-refractivity contribution in [2.75, 3.05) is 32.8 Å². The van der Waals surface area contributed by atoms with Gasteiger partial charge in [0.25, 0.3) is 11.8 Å². The molecule has 160 valence electrons. The summed E-state index contributed by atoms with van der Waals surface area (Å²) in [6.07, 6.45) is -0.571. The summed E-state index contributed by atoms with van der Waals surface area (Å²) in [5, 5.41) is 0. The third-order valence-corrected chi connectivity index (χ3v) is 5.26. The fourth-order valence-corrected chi connectivity index (χ4v) is 3.37. The number of para-hydroxylation sites is 1. The molecular weight excluding hydrogens is 380 g/mol. The van der Waals surface area contributed by atoms with Gasteiger partial charge in [0.2, 0.25) is 0 Å². The lowest BCUT2D eigenvalue weighted by Gasteiger charge is -2.35. The van der Waals surface area contributed by atoms with Crippen LogP contribution in [0.15, 0.2) is 54.6 Å². The Morgan fingerprint density at radius 1 is 0.833 bits per heavy atom. The van der Waals surface area contributed by atoms with Crippen LogP contribution in [0.5, 0.6) is 11.5 Å². The SMILES string of the molecule is CC(Oc1ccc(C(C)C)cc1)C(=O)N1CCN(C(=O)COc2ccccc2)CC1. The average molecular weight is 411 g/mol. The predicted octanol–water partition coefficient (Wildman–Crippen LogP) is 3.33. The Morgan fingerprint density at radius 3 is 2.03 bits per heavy atom. The van der Waals surface area contributed by atoms with Crippen molar-refractivity contribution in [3.05, 3.63) is 60.2 Å². The minimum Gasteiger partial charge on any atom is -0.484 e. The molecule has 3 rings (SSSR count). The van der Waals surface area contributed by atoms with Crippen LogP contribution in [0, 0.1) is 0 Å². The molecule has 6 heteroatoms. The first-order valence-corrected chi connectivity index (χ1v) is 10.4. The fourth-order valence-electron chi connectivity index (χ4n) is 3.37. The topological polar surface area (TPSA) is 59.1 Å². The molecule has 0 spiro atoms. The molecule has 1 fully saturated rings. The lowest BCUT2D eigenvalue weighted by atomic mass is 10.0. The third kappa shape index (κ3) is 5.75. The molecule has 0 N–H and O–H groups in total. The highest BCUT2D eigenvalue weighted by atomic mass is 16.5. The van der Waals surface area contributed by atoms with Crippen LogP contribution < -0.4 is 9.47 Å². The van der Waals surface area contributed by atoms with Gasteiger partial charge in [-0.15, -0.1) is 0 Å². The summed E-state index contributed by atoms with van der Waals surface area (Å²) < 4.78 is 11.4. The summed E-state index contributed by atoms with van der Waals surface area (Å²) in [6.45, 7) is 8.04. The Bertz CT molecular complexity index is 828. The molecule has 0 radical (unpaired) electrons. The van der Waals surface area contributed by atoms with Gasteiger partial charge in [0.1, 0.15) is 11.5 Å². The van der Waals surface area contributed by atoms with Gasteiger partial charge in [-0.1, -0.05) is 44.2 Å². The molecule has 0 aliphatic carbocycles. The summed E-state index contributed by atoms with van der Waals surface area (Å²) in [5.74, 6) is 1.69. The highest BCUT2D eigenvalue weighted by Gasteiger charge is 2.28. The van der Waals surface area contributed by atoms with Crippen molar-refractivity contribution in [3.63, 3.8) is 0 Å². The smallest absolute Gasteiger partial charge is 0.263 e. The number of amides is 2. The molecule has 0 bridgehead atoms. The van der Waals surface area contributed by atoms with Crippen molar-refractivity contribution in [2.24, 2.45) is 0 Å². The number of nitrogens with zero attached hydrogens (tertiary/aromatic N) is 2. The molecule has 0 saturated carbocycles. The maximum Gasteiger partial charge on any atom is 0.263 e. The average Bonchev–Trinajstić information content (AvgIpc) is 2.78. The third-order valence-electron chi connectivity index (χ3n) is 5.26. The zero-order chi connectivity index (χ0) is 21.5. The Hall–Kier alpha value is -3.02. The molecule has 30 heavy (non-hydrogen) atoms. The van der Waals surface area contributed by atoms with Crippen LogP contribution in [0.2, 0.25) is 0 Å². The first-order chi connectivity index (χ1) is 14.4. The first kappa shape index (κ1) is 21.7. The van der Waals surface area contributed by atoms with Crippen molar-refractivity contribution in [3.8, 4) is 11.5 Å². The van der Waals surface area contributed by atoms with E-state index in [1.165, 1.54) is 5.56 Å². The van der Waals surface area contributed by atoms with Gasteiger partial charge >= 0.3 is 0 Å². The minimum absolute atomic E-state index is 0.00382. The summed E-state index contributed by atoms with van der Waals surface area (Å²) in [5.41, 5.74) is 1.23. The zero-order valence-corrected chi connectivity index (χ0v) is 17.9. The summed E-state index contributed by atoms with van der Waals surface area (Å²) >= 11 is 0. The second-order valence-corrected chi connectivity index (χ2v) is 7.79. The van der Waals surface area contributed by atoms with Gasteiger partial charge in [-0.25, -0.2) is 0 Å². The number of piperazine rings is 1. The Kier molecular flexibility index (Phi) is 7.33. The second kappa shape index (κ2) is 10.1. The van der Waals surface area contributed by atoms with E-state index in [1.54, 1.807) is 16.7 Å². The molecule has 0 aromatic heterocycles. The molecule has 1 unspecified atom stereocenters. The van der Waals surface area contributed by atoms with Gasteiger partial charge in [0.05, 0.1) is 0 Å². The van der Waals surface area contributed by atoms with Crippen LogP contribution in [-0.2, 0) is 9.59 Å². The van der Waals surface area contributed by atoms with Gasteiger partial charge < -0.3 is 19.3 Å². The Morgan fingerprint density at radius 2 is 1.43 bits per heavy atom. The van der Waals surface area contributed by atoms with Crippen molar-refractivity contribution in [2.45, 2.75) is 32.8 Å². The normalized spacial score (nSPS) is 15.1. The Labute approximate surface area is 178 Å². The minimum atomic E-state index is -0.571.